The molecule has 8 heteroatoms. The summed E-state index contributed by atoms with van der Waals surface area (Å²) in [6.07, 6.45) is 5.79. The lowest BCUT2D eigenvalue weighted by molar-refractivity contribution is 0.0948. The van der Waals surface area contributed by atoms with Crippen molar-refractivity contribution >= 4 is 5.91 Å². The average Bonchev–Trinajstić information content (AvgIpc) is 3.33. The number of ether oxygens (including phenoxy) is 1. The van der Waals surface area contributed by atoms with Crippen molar-refractivity contribution in [3.8, 4) is 17.3 Å². The predicted molar refractivity (Wildman–Crippen MR) is 99.5 cm³/mol. The first-order valence-corrected chi connectivity index (χ1v) is 9.00. The van der Waals surface area contributed by atoms with Gasteiger partial charge in [-0.3, -0.25) is 19.1 Å². The van der Waals surface area contributed by atoms with E-state index >= 15 is 0 Å². The molecule has 0 bridgehead atoms. The van der Waals surface area contributed by atoms with Crippen LogP contribution in [-0.4, -0.2) is 44.1 Å². The molecule has 0 saturated heterocycles. The van der Waals surface area contributed by atoms with E-state index in [1.165, 1.54) is 25.6 Å². The van der Waals surface area contributed by atoms with Gasteiger partial charge in [0.25, 0.3) is 5.91 Å². The molecule has 1 aliphatic rings. The summed E-state index contributed by atoms with van der Waals surface area (Å²) in [5.41, 5.74) is 3.38. The van der Waals surface area contributed by atoms with E-state index in [-0.39, 0.29) is 5.91 Å². The van der Waals surface area contributed by atoms with Gasteiger partial charge >= 0.3 is 0 Å². The number of nitrogens with one attached hydrogen (secondary N) is 1. The van der Waals surface area contributed by atoms with Crippen LogP contribution in [0.4, 0.5) is 0 Å². The minimum Gasteiger partial charge on any atom is -0.479 e. The predicted octanol–water partition coefficient (Wildman–Crippen LogP) is 1.99. The van der Waals surface area contributed by atoms with Crippen molar-refractivity contribution in [2.45, 2.75) is 25.3 Å². The first-order chi connectivity index (χ1) is 13.2. The Bertz CT molecular complexity index is 943. The third kappa shape index (κ3) is 3.69. The van der Waals surface area contributed by atoms with Gasteiger partial charge in [0.2, 0.25) is 5.88 Å². The van der Waals surface area contributed by atoms with Crippen LogP contribution in [0, 0.1) is 0 Å². The molecule has 1 saturated carbocycles. The van der Waals surface area contributed by atoms with Crippen LogP contribution in [-0.2, 0) is 13.6 Å². The Hall–Kier alpha value is -3.16. The van der Waals surface area contributed by atoms with Crippen molar-refractivity contribution in [2.75, 3.05) is 13.7 Å². The second-order valence-electron chi connectivity index (χ2n) is 6.65. The van der Waals surface area contributed by atoms with Crippen LogP contribution in [0.1, 0.15) is 34.8 Å². The van der Waals surface area contributed by atoms with Crippen LogP contribution in [0.25, 0.3) is 11.4 Å². The summed E-state index contributed by atoms with van der Waals surface area (Å²) in [7, 11) is 3.26. The van der Waals surface area contributed by atoms with Crippen LogP contribution < -0.4 is 10.1 Å². The molecule has 1 amide bonds. The van der Waals surface area contributed by atoms with E-state index in [2.05, 4.69) is 21.5 Å². The molecule has 0 unspecified atom stereocenters. The normalized spacial score (nSPS) is 13.6. The van der Waals surface area contributed by atoms with Crippen molar-refractivity contribution in [3.05, 3.63) is 47.9 Å². The second-order valence-corrected chi connectivity index (χ2v) is 6.65. The van der Waals surface area contributed by atoms with E-state index in [0.717, 1.165) is 11.4 Å². The van der Waals surface area contributed by atoms with Crippen molar-refractivity contribution < 1.29 is 9.53 Å². The molecule has 8 nitrogen and oxygen atoms in total. The molecular formula is C19H22N6O2. The first kappa shape index (κ1) is 17.3. The van der Waals surface area contributed by atoms with Gasteiger partial charge in [-0.2, -0.15) is 5.10 Å². The molecule has 3 aromatic heterocycles. The van der Waals surface area contributed by atoms with Gasteiger partial charge in [0, 0.05) is 37.6 Å². The van der Waals surface area contributed by atoms with Gasteiger partial charge < -0.3 is 10.1 Å². The maximum atomic E-state index is 12.4. The smallest absolute Gasteiger partial charge is 0.258 e. The molecule has 0 atom stereocenters. The molecule has 4 rings (SSSR count). The van der Waals surface area contributed by atoms with E-state index < -0.39 is 0 Å². The summed E-state index contributed by atoms with van der Waals surface area (Å²) in [5, 5.41) is 11.7. The summed E-state index contributed by atoms with van der Waals surface area (Å²) in [6.45, 7) is 1.08. The monoisotopic (exact) mass is 366 g/mol. The highest BCUT2D eigenvalue weighted by atomic mass is 16.5. The molecule has 0 aromatic carbocycles. The minimum absolute atomic E-state index is 0.204. The molecule has 3 heterocycles. The topological polar surface area (TPSA) is 86.9 Å². The number of methoxy groups -OCH3 is 1. The van der Waals surface area contributed by atoms with Gasteiger partial charge in [0.15, 0.2) is 0 Å². The van der Waals surface area contributed by atoms with Gasteiger partial charge in [0.05, 0.1) is 19.3 Å². The average molecular weight is 366 g/mol. The van der Waals surface area contributed by atoms with Crippen LogP contribution >= 0.6 is 0 Å². The molecule has 27 heavy (non-hydrogen) atoms. The Kier molecular flexibility index (Phi) is 4.62. The highest BCUT2D eigenvalue weighted by molar-refractivity contribution is 5.96. The molecule has 3 aromatic rings. The molecule has 140 valence electrons. The summed E-state index contributed by atoms with van der Waals surface area (Å²) < 4.78 is 8.70. The SMILES string of the molecule is COc1nn(C)cc1C(=O)NCCn1nc(-c2ccccn2)cc1C1CC1. The fourth-order valence-electron chi connectivity index (χ4n) is 3.10. The van der Waals surface area contributed by atoms with E-state index in [9.17, 15) is 4.79 Å². The van der Waals surface area contributed by atoms with Crippen molar-refractivity contribution in [1.29, 1.82) is 0 Å². The zero-order valence-corrected chi connectivity index (χ0v) is 15.4. The van der Waals surface area contributed by atoms with Crippen LogP contribution in [0.5, 0.6) is 5.88 Å². The number of hydrogen-bond acceptors (Lipinski definition) is 5. The molecule has 0 radical (unpaired) electrons. The Labute approximate surface area is 157 Å². The second kappa shape index (κ2) is 7.22. The van der Waals surface area contributed by atoms with Crippen molar-refractivity contribution in [2.24, 2.45) is 7.05 Å². The standard InChI is InChI=1S/C19H22N6O2/c1-24-12-14(19(23-24)27-2)18(26)21-9-10-25-17(13-6-7-13)11-16(22-25)15-5-3-4-8-20-15/h3-5,8,11-13H,6-7,9-10H2,1-2H3,(H,21,26). The number of aryl methyl sites for hydroxylation is 1. The number of pyridine rings is 1. The van der Waals surface area contributed by atoms with Gasteiger partial charge in [-0.1, -0.05) is 6.07 Å². The Morgan fingerprint density at radius 3 is 2.85 bits per heavy atom. The molecule has 1 aliphatic carbocycles. The number of rotatable bonds is 7. The zero-order valence-electron chi connectivity index (χ0n) is 15.4. The van der Waals surface area contributed by atoms with Gasteiger partial charge in [0.1, 0.15) is 11.3 Å². The molecule has 0 spiro atoms. The summed E-state index contributed by atoms with van der Waals surface area (Å²) in [6, 6.07) is 7.93. The highest BCUT2D eigenvalue weighted by Crippen LogP contribution is 2.41. The van der Waals surface area contributed by atoms with Crippen molar-refractivity contribution in [1.82, 2.24) is 29.9 Å². The van der Waals surface area contributed by atoms with E-state index in [4.69, 9.17) is 9.84 Å². The fourth-order valence-corrected chi connectivity index (χ4v) is 3.10. The largest absolute Gasteiger partial charge is 0.479 e. The summed E-state index contributed by atoms with van der Waals surface area (Å²) in [5.74, 6) is 0.680. The maximum Gasteiger partial charge on any atom is 0.258 e. The Morgan fingerprint density at radius 2 is 2.15 bits per heavy atom. The van der Waals surface area contributed by atoms with Crippen molar-refractivity contribution in [3.63, 3.8) is 0 Å². The van der Waals surface area contributed by atoms with Crippen LogP contribution in [0.2, 0.25) is 0 Å². The summed E-state index contributed by atoms with van der Waals surface area (Å²) in [4.78, 5) is 16.8. The summed E-state index contributed by atoms with van der Waals surface area (Å²) >= 11 is 0. The van der Waals surface area contributed by atoms with Crippen LogP contribution in [0.15, 0.2) is 36.7 Å². The number of amides is 1. The van der Waals surface area contributed by atoms with E-state index in [0.29, 0.717) is 30.5 Å². The van der Waals surface area contributed by atoms with Gasteiger partial charge in [-0.05, 0) is 31.0 Å². The lowest BCUT2D eigenvalue weighted by Crippen LogP contribution is -2.28. The zero-order chi connectivity index (χ0) is 18.8. The maximum absolute atomic E-state index is 12.4. The Morgan fingerprint density at radius 1 is 1.30 bits per heavy atom. The molecule has 1 N–H and O–H groups in total. The third-order valence-electron chi connectivity index (χ3n) is 4.58. The minimum atomic E-state index is -0.204. The van der Waals surface area contributed by atoms with Gasteiger partial charge in [-0.25, -0.2) is 0 Å². The number of hydrogen-bond donors (Lipinski definition) is 1. The quantitative estimate of drug-likeness (QED) is 0.691. The van der Waals surface area contributed by atoms with E-state index in [1.807, 2.05) is 22.9 Å². The Balaban J connectivity index is 1.45. The number of carbonyl (C=O) groups excluding carboxylic acids is 1. The van der Waals surface area contributed by atoms with E-state index in [1.54, 1.807) is 24.1 Å². The first-order valence-electron chi connectivity index (χ1n) is 9.00. The number of nitrogens with zero attached hydrogens (tertiary/aromatic N) is 5. The highest BCUT2D eigenvalue weighted by Gasteiger charge is 2.28. The number of carbonyl (C=O) groups is 1. The van der Waals surface area contributed by atoms with Crippen LogP contribution in [0.3, 0.4) is 0 Å². The fraction of sp³-hybridized carbons (Fsp3) is 0.368. The number of aromatic nitrogens is 5. The van der Waals surface area contributed by atoms with Gasteiger partial charge in [-0.15, -0.1) is 5.10 Å². The molecular weight excluding hydrogens is 344 g/mol. The lowest BCUT2D eigenvalue weighted by Gasteiger charge is -2.08. The molecule has 0 aliphatic heterocycles. The lowest BCUT2D eigenvalue weighted by atomic mass is 10.2. The third-order valence-corrected chi connectivity index (χ3v) is 4.58. The molecule has 1 fully saturated rings.